The maximum atomic E-state index is 13.4. The van der Waals surface area contributed by atoms with Crippen LogP contribution in [0.15, 0.2) is 77.4 Å². The van der Waals surface area contributed by atoms with Crippen LogP contribution in [-0.2, 0) is 4.79 Å². The minimum Gasteiger partial charge on any atom is -0.503 e. The molecule has 1 aromatic heterocycles. The van der Waals surface area contributed by atoms with Gasteiger partial charge in [-0.25, -0.2) is 0 Å². The third kappa shape index (κ3) is 3.87. The number of anilines is 2. The number of carbonyl (C=O) groups excluding carboxylic acids is 2. The highest BCUT2D eigenvalue weighted by Crippen LogP contribution is 2.43. The third-order valence-corrected chi connectivity index (χ3v) is 6.20. The molecule has 1 aliphatic heterocycles. The number of hydrogen-bond acceptors (Lipinski definition) is 6. The lowest BCUT2D eigenvalue weighted by Crippen LogP contribution is -2.31. The Morgan fingerprint density at radius 3 is 2.50 bits per heavy atom. The highest BCUT2D eigenvalue weighted by molar-refractivity contribution is 7.12. The Hall–Kier alpha value is -3.58. The van der Waals surface area contributed by atoms with Gasteiger partial charge < -0.3 is 14.7 Å². The summed E-state index contributed by atoms with van der Waals surface area (Å²) < 4.78 is 5.64. The van der Waals surface area contributed by atoms with E-state index in [-0.39, 0.29) is 11.4 Å². The molecule has 0 aliphatic carbocycles. The average molecular weight is 449 g/mol. The summed E-state index contributed by atoms with van der Waals surface area (Å²) in [6, 6.07) is 17.4. The minimum atomic E-state index is -0.775. The maximum absolute atomic E-state index is 13.4. The van der Waals surface area contributed by atoms with Crippen LogP contribution in [0.25, 0.3) is 0 Å². The lowest BCUT2D eigenvalue weighted by Gasteiger charge is -2.27. The molecule has 0 bridgehead atoms. The molecule has 4 rings (SSSR count). The number of aliphatic hydroxyl groups excluding tert-OH is 1. The lowest BCUT2D eigenvalue weighted by molar-refractivity contribution is -0.117. The van der Waals surface area contributed by atoms with E-state index in [1.807, 2.05) is 74.4 Å². The summed E-state index contributed by atoms with van der Waals surface area (Å²) in [5.41, 5.74) is 2.32. The van der Waals surface area contributed by atoms with Crippen molar-refractivity contribution in [2.24, 2.45) is 0 Å². The van der Waals surface area contributed by atoms with Crippen molar-refractivity contribution in [3.8, 4) is 5.75 Å². The van der Waals surface area contributed by atoms with E-state index in [0.717, 1.165) is 5.69 Å². The molecule has 32 heavy (non-hydrogen) atoms. The molecule has 2 aromatic carbocycles. The van der Waals surface area contributed by atoms with E-state index < -0.39 is 17.7 Å². The average Bonchev–Trinajstić information content (AvgIpc) is 3.41. The quantitative estimate of drug-likeness (QED) is 0.516. The molecule has 3 aromatic rings. The molecule has 7 heteroatoms. The van der Waals surface area contributed by atoms with Gasteiger partial charge in [-0.3, -0.25) is 14.5 Å². The minimum absolute atomic E-state index is 0.0720. The predicted molar refractivity (Wildman–Crippen MR) is 127 cm³/mol. The summed E-state index contributed by atoms with van der Waals surface area (Å²) in [5.74, 6) is -0.846. The van der Waals surface area contributed by atoms with Crippen molar-refractivity contribution in [1.29, 1.82) is 0 Å². The first-order valence-corrected chi connectivity index (χ1v) is 11.2. The molecule has 1 amide bonds. The van der Waals surface area contributed by atoms with Crippen LogP contribution in [0.5, 0.6) is 5.75 Å². The van der Waals surface area contributed by atoms with Crippen LogP contribution >= 0.6 is 11.3 Å². The summed E-state index contributed by atoms with van der Waals surface area (Å²) in [6.07, 6.45) is 0. The van der Waals surface area contributed by atoms with Gasteiger partial charge in [-0.1, -0.05) is 18.2 Å². The fourth-order valence-electron chi connectivity index (χ4n) is 3.81. The van der Waals surface area contributed by atoms with Gasteiger partial charge in [0.25, 0.3) is 5.91 Å². The Labute approximate surface area is 191 Å². The van der Waals surface area contributed by atoms with Crippen molar-refractivity contribution in [3.63, 3.8) is 0 Å². The van der Waals surface area contributed by atoms with Crippen LogP contribution in [0.2, 0.25) is 0 Å². The number of hydrogen-bond donors (Lipinski definition) is 1. The zero-order valence-electron chi connectivity index (χ0n) is 18.1. The zero-order chi connectivity index (χ0) is 22.8. The Morgan fingerprint density at radius 2 is 1.88 bits per heavy atom. The number of thiophene rings is 1. The standard InChI is InChI=1S/C25H24N2O4S/c1-4-31-19-8-5-7-16(15-19)22-21(23(28)20-9-6-14-32-20)24(29)25(30)27(22)18-12-10-17(11-13-18)26(2)3/h5-15,22,29H,4H2,1-3H3. The molecule has 0 spiro atoms. The molecule has 2 heterocycles. The molecule has 0 saturated carbocycles. The van der Waals surface area contributed by atoms with Crippen LogP contribution < -0.4 is 14.5 Å². The number of ketones is 1. The zero-order valence-corrected chi connectivity index (χ0v) is 18.9. The molecule has 6 nitrogen and oxygen atoms in total. The van der Waals surface area contributed by atoms with Gasteiger partial charge in [-0.15, -0.1) is 11.3 Å². The van der Waals surface area contributed by atoms with E-state index in [4.69, 9.17) is 4.74 Å². The number of Topliss-reactive ketones (excluding diaryl/α,β-unsaturated/α-hetero) is 1. The summed E-state index contributed by atoms with van der Waals surface area (Å²) in [5, 5.41) is 12.6. The van der Waals surface area contributed by atoms with Gasteiger partial charge in [0.15, 0.2) is 5.76 Å². The molecular weight excluding hydrogens is 424 g/mol. The van der Waals surface area contributed by atoms with Crippen molar-refractivity contribution in [2.75, 3.05) is 30.5 Å². The molecule has 1 N–H and O–H groups in total. The predicted octanol–water partition coefficient (Wildman–Crippen LogP) is 5.00. The van der Waals surface area contributed by atoms with Crippen molar-refractivity contribution in [1.82, 2.24) is 0 Å². The van der Waals surface area contributed by atoms with Crippen molar-refractivity contribution in [2.45, 2.75) is 13.0 Å². The topological polar surface area (TPSA) is 70.1 Å². The highest BCUT2D eigenvalue weighted by atomic mass is 32.1. The first kappa shape index (κ1) is 21.6. The summed E-state index contributed by atoms with van der Waals surface area (Å²) in [6.45, 7) is 2.38. The van der Waals surface area contributed by atoms with Crippen LogP contribution in [0, 0.1) is 0 Å². The number of rotatable bonds is 7. The Balaban J connectivity index is 1.85. The molecular formula is C25H24N2O4S. The molecule has 1 unspecified atom stereocenters. The van der Waals surface area contributed by atoms with Gasteiger partial charge >= 0.3 is 0 Å². The van der Waals surface area contributed by atoms with Crippen LogP contribution in [0.4, 0.5) is 11.4 Å². The van der Waals surface area contributed by atoms with Crippen LogP contribution in [0.1, 0.15) is 28.2 Å². The monoisotopic (exact) mass is 448 g/mol. The molecule has 0 saturated heterocycles. The third-order valence-electron chi connectivity index (χ3n) is 5.33. The van der Waals surface area contributed by atoms with Gasteiger partial charge in [-0.2, -0.15) is 0 Å². The Morgan fingerprint density at radius 1 is 1.12 bits per heavy atom. The first-order chi connectivity index (χ1) is 15.4. The number of ether oxygens (including phenoxy) is 1. The number of aliphatic hydroxyl groups is 1. The van der Waals surface area contributed by atoms with E-state index >= 15 is 0 Å². The Kier molecular flexibility index (Phi) is 6.01. The van der Waals surface area contributed by atoms with E-state index in [2.05, 4.69) is 0 Å². The van der Waals surface area contributed by atoms with Gasteiger partial charge in [0.1, 0.15) is 5.75 Å². The smallest absolute Gasteiger partial charge is 0.294 e. The number of carbonyl (C=O) groups is 2. The SMILES string of the molecule is CCOc1cccc(C2C(C(=O)c3cccs3)=C(O)C(=O)N2c2ccc(N(C)C)cc2)c1. The maximum Gasteiger partial charge on any atom is 0.294 e. The fourth-order valence-corrected chi connectivity index (χ4v) is 4.49. The van der Waals surface area contributed by atoms with E-state index in [1.165, 1.54) is 16.2 Å². The largest absolute Gasteiger partial charge is 0.503 e. The molecule has 1 atom stereocenters. The van der Waals surface area contributed by atoms with Gasteiger partial charge in [0.2, 0.25) is 5.78 Å². The van der Waals surface area contributed by atoms with Gasteiger partial charge in [-0.05, 0) is 60.3 Å². The molecule has 0 fully saturated rings. The summed E-state index contributed by atoms with van der Waals surface area (Å²) in [7, 11) is 3.87. The Bertz CT molecular complexity index is 1170. The molecule has 1 aliphatic rings. The summed E-state index contributed by atoms with van der Waals surface area (Å²) >= 11 is 1.28. The van der Waals surface area contributed by atoms with Crippen molar-refractivity contribution >= 4 is 34.4 Å². The van der Waals surface area contributed by atoms with Crippen molar-refractivity contribution in [3.05, 3.63) is 87.8 Å². The second-order valence-corrected chi connectivity index (χ2v) is 8.51. The van der Waals surface area contributed by atoms with Crippen LogP contribution in [-0.4, -0.2) is 37.5 Å². The van der Waals surface area contributed by atoms with E-state index in [1.54, 1.807) is 17.5 Å². The first-order valence-electron chi connectivity index (χ1n) is 10.3. The van der Waals surface area contributed by atoms with Gasteiger partial charge in [0, 0.05) is 25.5 Å². The molecule has 0 radical (unpaired) electrons. The number of nitrogens with zero attached hydrogens (tertiary/aromatic N) is 2. The van der Waals surface area contributed by atoms with Gasteiger partial charge in [0.05, 0.1) is 23.1 Å². The highest BCUT2D eigenvalue weighted by Gasteiger charge is 2.45. The molecule has 164 valence electrons. The fraction of sp³-hybridized carbons (Fsp3) is 0.200. The van der Waals surface area contributed by atoms with E-state index in [0.29, 0.717) is 28.5 Å². The van der Waals surface area contributed by atoms with E-state index in [9.17, 15) is 14.7 Å². The number of benzene rings is 2. The van der Waals surface area contributed by atoms with Crippen LogP contribution in [0.3, 0.4) is 0 Å². The second-order valence-electron chi connectivity index (χ2n) is 7.56. The lowest BCUT2D eigenvalue weighted by atomic mass is 9.95. The number of amides is 1. The van der Waals surface area contributed by atoms with Crippen molar-refractivity contribution < 1.29 is 19.4 Å². The summed E-state index contributed by atoms with van der Waals surface area (Å²) in [4.78, 5) is 30.5. The second kappa shape index (κ2) is 8.88. The normalized spacial score (nSPS) is 15.9.